The monoisotopic (exact) mass is 267 g/mol. The van der Waals surface area contributed by atoms with Crippen molar-refractivity contribution < 1.29 is 9.84 Å². The predicted octanol–water partition coefficient (Wildman–Crippen LogP) is 0.594. The van der Waals surface area contributed by atoms with Gasteiger partial charge in [0.25, 0.3) is 0 Å². The molecule has 7 nitrogen and oxygen atoms in total. The van der Waals surface area contributed by atoms with Crippen molar-refractivity contribution in [1.82, 2.24) is 15.0 Å². The Bertz CT molecular complexity index is 438. The van der Waals surface area contributed by atoms with Gasteiger partial charge < -0.3 is 20.5 Å². The van der Waals surface area contributed by atoms with E-state index in [0.717, 1.165) is 19.4 Å². The highest BCUT2D eigenvalue weighted by molar-refractivity contribution is 5.36. The number of anilines is 2. The second-order valence-corrected chi connectivity index (χ2v) is 5.05. The molecule has 1 fully saturated rings. The maximum Gasteiger partial charge on any atom is 0.323 e. The van der Waals surface area contributed by atoms with E-state index in [-0.39, 0.29) is 12.0 Å². The average molecular weight is 267 g/mol. The first kappa shape index (κ1) is 13.8. The molecule has 1 saturated heterocycles. The highest BCUT2D eigenvalue weighted by Crippen LogP contribution is 2.24. The number of aliphatic hydroxyl groups is 1. The molecular weight excluding hydrogens is 246 g/mol. The molecule has 0 radical (unpaired) electrons. The van der Waals surface area contributed by atoms with Gasteiger partial charge in [-0.05, 0) is 33.1 Å². The van der Waals surface area contributed by atoms with Gasteiger partial charge in [0.2, 0.25) is 11.9 Å². The third kappa shape index (κ3) is 3.66. The first-order chi connectivity index (χ1) is 9.00. The van der Waals surface area contributed by atoms with Crippen LogP contribution in [0, 0.1) is 0 Å². The summed E-state index contributed by atoms with van der Waals surface area (Å²) >= 11 is 0. The minimum absolute atomic E-state index is 0.157. The van der Waals surface area contributed by atoms with E-state index in [1.807, 2.05) is 18.7 Å². The highest BCUT2D eigenvalue weighted by atomic mass is 16.5. The average Bonchev–Trinajstić information content (AvgIpc) is 2.50. The van der Waals surface area contributed by atoms with Gasteiger partial charge in [-0.15, -0.1) is 0 Å². The summed E-state index contributed by atoms with van der Waals surface area (Å²) in [6, 6.07) is 0.251. The van der Waals surface area contributed by atoms with Crippen LogP contribution in [-0.2, 0) is 0 Å². The van der Waals surface area contributed by atoms with E-state index in [0.29, 0.717) is 25.5 Å². The number of nitrogens with zero attached hydrogens (tertiary/aromatic N) is 4. The van der Waals surface area contributed by atoms with Crippen LogP contribution in [0.5, 0.6) is 6.01 Å². The molecule has 1 atom stereocenters. The van der Waals surface area contributed by atoms with Crippen molar-refractivity contribution in [3.05, 3.63) is 0 Å². The number of nitrogens with two attached hydrogens (primary N) is 1. The Balaban J connectivity index is 2.16. The van der Waals surface area contributed by atoms with Crippen LogP contribution in [0.25, 0.3) is 0 Å². The molecule has 1 aromatic rings. The van der Waals surface area contributed by atoms with E-state index in [1.165, 1.54) is 0 Å². The minimum atomic E-state index is -0.615. The number of ether oxygens (including phenoxy) is 1. The Morgan fingerprint density at radius 3 is 2.84 bits per heavy atom. The third-order valence-corrected chi connectivity index (χ3v) is 3.24. The quantitative estimate of drug-likeness (QED) is 0.827. The van der Waals surface area contributed by atoms with E-state index < -0.39 is 5.60 Å². The maximum atomic E-state index is 10.1. The Kier molecular flexibility index (Phi) is 4.04. The van der Waals surface area contributed by atoms with Crippen molar-refractivity contribution in [3.63, 3.8) is 0 Å². The highest BCUT2D eigenvalue weighted by Gasteiger charge is 2.26. The third-order valence-electron chi connectivity index (χ3n) is 3.24. The van der Waals surface area contributed by atoms with E-state index in [4.69, 9.17) is 10.5 Å². The van der Waals surface area contributed by atoms with Crippen LogP contribution >= 0.6 is 0 Å². The Morgan fingerprint density at radius 1 is 1.32 bits per heavy atom. The van der Waals surface area contributed by atoms with E-state index in [9.17, 15) is 5.11 Å². The molecule has 106 valence electrons. The maximum absolute atomic E-state index is 10.1. The zero-order chi connectivity index (χ0) is 13.9. The van der Waals surface area contributed by atoms with Crippen LogP contribution in [0.4, 0.5) is 11.9 Å². The number of hydrogen-bond acceptors (Lipinski definition) is 7. The van der Waals surface area contributed by atoms with Crippen molar-refractivity contribution in [1.29, 1.82) is 0 Å². The molecule has 0 amide bonds. The Morgan fingerprint density at radius 2 is 2.11 bits per heavy atom. The lowest BCUT2D eigenvalue weighted by Gasteiger charge is -2.22. The zero-order valence-corrected chi connectivity index (χ0v) is 11.5. The van der Waals surface area contributed by atoms with Gasteiger partial charge in [0.05, 0.1) is 12.2 Å². The molecule has 2 rings (SSSR count). The largest absolute Gasteiger partial charge is 0.464 e. The van der Waals surface area contributed by atoms with Gasteiger partial charge in [-0.25, -0.2) is 0 Å². The number of hydrogen-bond donors (Lipinski definition) is 2. The molecule has 0 spiro atoms. The van der Waals surface area contributed by atoms with Crippen molar-refractivity contribution in [2.75, 3.05) is 30.3 Å². The van der Waals surface area contributed by atoms with Crippen LogP contribution in [-0.4, -0.2) is 45.4 Å². The lowest BCUT2D eigenvalue weighted by atomic mass is 9.98. The molecule has 1 aromatic heterocycles. The fraction of sp³-hybridized carbons (Fsp3) is 0.750. The second-order valence-electron chi connectivity index (χ2n) is 5.05. The van der Waals surface area contributed by atoms with Gasteiger partial charge >= 0.3 is 6.01 Å². The fourth-order valence-electron chi connectivity index (χ4n) is 2.16. The molecule has 7 heteroatoms. The van der Waals surface area contributed by atoms with Crippen LogP contribution < -0.4 is 15.4 Å². The van der Waals surface area contributed by atoms with Crippen molar-refractivity contribution in [2.45, 2.75) is 38.7 Å². The van der Waals surface area contributed by atoms with Gasteiger partial charge in [0.1, 0.15) is 0 Å². The van der Waals surface area contributed by atoms with Crippen molar-refractivity contribution in [3.8, 4) is 6.01 Å². The predicted molar refractivity (Wildman–Crippen MR) is 72.1 cm³/mol. The molecule has 0 saturated carbocycles. The summed E-state index contributed by atoms with van der Waals surface area (Å²) in [7, 11) is 0. The summed E-state index contributed by atoms with van der Waals surface area (Å²) in [6.07, 6.45) is 2.35. The second kappa shape index (κ2) is 5.56. The molecule has 3 N–H and O–H groups in total. The number of aromatic nitrogens is 3. The lowest BCUT2D eigenvalue weighted by molar-refractivity contribution is 0.0481. The molecule has 1 aliphatic rings. The van der Waals surface area contributed by atoms with Crippen LogP contribution in [0.2, 0.25) is 0 Å². The van der Waals surface area contributed by atoms with E-state index >= 15 is 0 Å². The lowest BCUT2D eigenvalue weighted by Crippen LogP contribution is -2.29. The van der Waals surface area contributed by atoms with Gasteiger partial charge in [-0.1, -0.05) is 0 Å². The number of rotatable bonds is 3. The molecule has 2 heterocycles. The standard InChI is InChI=1S/C12H21N5O2/c1-3-19-11-15-9(13)14-10(16-11)17-7-4-5-12(2,18)6-8-17/h18H,3-8H2,1-2H3,(H2,13,14,15,16). The summed E-state index contributed by atoms with van der Waals surface area (Å²) in [5, 5.41) is 10.1. The Hall–Kier alpha value is -1.63. The summed E-state index contributed by atoms with van der Waals surface area (Å²) in [5.74, 6) is 0.679. The molecular formula is C12H21N5O2. The topological polar surface area (TPSA) is 97.4 Å². The molecule has 1 aliphatic heterocycles. The minimum Gasteiger partial charge on any atom is -0.464 e. The zero-order valence-electron chi connectivity index (χ0n) is 11.5. The van der Waals surface area contributed by atoms with Gasteiger partial charge in [0.15, 0.2) is 0 Å². The Labute approximate surface area is 112 Å². The smallest absolute Gasteiger partial charge is 0.323 e. The van der Waals surface area contributed by atoms with E-state index in [1.54, 1.807) is 0 Å². The molecule has 0 aromatic carbocycles. The van der Waals surface area contributed by atoms with Crippen molar-refractivity contribution >= 4 is 11.9 Å². The van der Waals surface area contributed by atoms with Crippen LogP contribution in [0.3, 0.4) is 0 Å². The number of nitrogen functional groups attached to an aromatic ring is 1. The van der Waals surface area contributed by atoms with Crippen LogP contribution in [0.15, 0.2) is 0 Å². The molecule has 19 heavy (non-hydrogen) atoms. The first-order valence-corrected chi connectivity index (χ1v) is 6.62. The summed E-state index contributed by atoms with van der Waals surface area (Å²) in [5.41, 5.74) is 5.06. The first-order valence-electron chi connectivity index (χ1n) is 6.62. The molecule has 1 unspecified atom stereocenters. The van der Waals surface area contributed by atoms with Crippen LogP contribution in [0.1, 0.15) is 33.1 Å². The van der Waals surface area contributed by atoms with Gasteiger partial charge in [0, 0.05) is 13.1 Å². The summed E-state index contributed by atoms with van der Waals surface area (Å²) in [6.45, 7) is 5.71. The van der Waals surface area contributed by atoms with E-state index in [2.05, 4.69) is 15.0 Å². The SMILES string of the molecule is CCOc1nc(N)nc(N2CCCC(C)(O)CC2)n1. The molecule has 0 aliphatic carbocycles. The van der Waals surface area contributed by atoms with Gasteiger partial charge in [-0.2, -0.15) is 15.0 Å². The summed E-state index contributed by atoms with van der Waals surface area (Å²) < 4.78 is 5.27. The summed E-state index contributed by atoms with van der Waals surface area (Å²) in [4.78, 5) is 14.3. The van der Waals surface area contributed by atoms with Crippen molar-refractivity contribution in [2.24, 2.45) is 0 Å². The molecule has 0 bridgehead atoms. The fourth-order valence-corrected chi connectivity index (χ4v) is 2.16. The normalized spacial score (nSPS) is 24.1. The van der Waals surface area contributed by atoms with Gasteiger partial charge in [-0.3, -0.25) is 0 Å².